The quantitative estimate of drug-likeness (QED) is 0.785. The van der Waals surface area contributed by atoms with Gasteiger partial charge in [0.15, 0.2) is 0 Å². The van der Waals surface area contributed by atoms with E-state index in [9.17, 15) is 9.59 Å². The number of carbonyl (C=O) groups is 2. The summed E-state index contributed by atoms with van der Waals surface area (Å²) in [4.78, 5) is 37.5. The highest BCUT2D eigenvalue weighted by atomic mass is 16.2. The number of nitrogens with zero attached hydrogens (tertiary/aromatic N) is 6. The molecule has 8 heteroatoms. The maximum absolute atomic E-state index is 12.7. The van der Waals surface area contributed by atoms with Crippen LogP contribution in [0.1, 0.15) is 54.7 Å². The molecule has 4 heterocycles. The number of likely N-dealkylation sites (tertiary alicyclic amines) is 1. The Morgan fingerprint density at radius 3 is 2.83 bits per heavy atom. The van der Waals surface area contributed by atoms with Crippen LogP contribution >= 0.6 is 0 Å². The Balaban J connectivity index is 1.38. The van der Waals surface area contributed by atoms with Gasteiger partial charge in [-0.1, -0.05) is 0 Å². The van der Waals surface area contributed by atoms with Crippen LogP contribution < -0.4 is 0 Å². The highest BCUT2D eigenvalue weighted by Gasteiger charge is 2.28. The van der Waals surface area contributed by atoms with Crippen molar-refractivity contribution in [2.75, 3.05) is 19.6 Å². The van der Waals surface area contributed by atoms with Crippen molar-refractivity contribution < 1.29 is 9.59 Å². The Morgan fingerprint density at radius 1 is 1.21 bits per heavy atom. The van der Waals surface area contributed by atoms with Crippen molar-refractivity contribution in [3.05, 3.63) is 41.2 Å². The highest BCUT2D eigenvalue weighted by Crippen LogP contribution is 2.26. The first-order valence-electron chi connectivity index (χ1n) is 10.4. The number of piperidine rings is 1. The van der Waals surface area contributed by atoms with E-state index in [-0.39, 0.29) is 17.7 Å². The second-order valence-corrected chi connectivity index (χ2v) is 8.10. The zero-order valence-corrected chi connectivity index (χ0v) is 17.2. The van der Waals surface area contributed by atoms with Gasteiger partial charge in [-0.15, -0.1) is 0 Å². The van der Waals surface area contributed by atoms with Crippen molar-refractivity contribution in [1.29, 1.82) is 0 Å². The summed E-state index contributed by atoms with van der Waals surface area (Å²) in [6.07, 6.45) is 8.83. The van der Waals surface area contributed by atoms with Crippen LogP contribution in [0.15, 0.2) is 18.6 Å². The molecule has 0 aromatic carbocycles. The van der Waals surface area contributed by atoms with Crippen LogP contribution in [0.2, 0.25) is 0 Å². The Morgan fingerprint density at radius 2 is 2.07 bits per heavy atom. The first-order chi connectivity index (χ1) is 14.0. The third kappa shape index (κ3) is 4.46. The van der Waals surface area contributed by atoms with Gasteiger partial charge in [0.25, 0.3) is 0 Å². The molecule has 0 aliphatic carbocycles. The Kier molecular flexibility index (Phi) is 5.60. The molecule has 154 valence electrons. The number of hydrogen-bond acceptors (Lipinski definition) is 5. The summed E-state index contributed by atoms with van der Waals surface area (Å²) in [6.45, 7) is 6.98. The molecule has 8 nitrogen and oxygen atoms in total. The standard InChI is InChI=1S/C21H28N6O2/c1-15-10-23-27(12-15)9-6-20(29)26-7-3-4-17(13-26)21-22-11-18-14-25(16(2)28)8-5-19(18)24-21/h10-12,17H,3-9,13-14H2,1-2H3. The van der Waals surface area contributed by atoms with Gasteiger partial charge in [0, 0.05) is 76.4 Å². The molecule has 4 rings (SSSR count). The molecule has 2 amide bonds. The van der Waals surface area contributed by atoms with E-state index in [0.717, 1.165) is 48.5 Å². The summed E-state index contributed by atoms with van der Waals surface area (Å²) < 4.78 is 1.82. The summed E-state index contributed by atoms with van der Waals surface area (Å²) in [5.74, 6) is 1.26. The topological polar surface area (TPSA) is 84.2 Å². The lowest BCUT2D eigenvalue weighted by atomic mass is 9.96. The molecule has 1 saturated heterocycles. The fraction of sp³-hybridized carbons (Fsp3) is 0.571. The minimum Gasteiger partial charge on any atom is -0.342 e. The molecule has 0 spiro atoms. The normalized spacial score (nSPS) is 19.2. The monoisotopic (exact) mass is 396 g/mol. The minimum absolute atomic E-state index is 0.0893. The van der Waals surface area contributed by atoms with Gasteiger partial charge in [-0.2, -0.15) is 5.10 Å². The van der Waals surface area contributed by atoms with Crippen LogP contribution in [0.5, 0.6) is 0 Å². The van der Waals surface area contributed by atoms with Gasteiger partial charge in [0.2, 0.25) is 11.8 Å². The first kappa shape index (κ1) is 19.5. The molecular formula is C21H28N6O2. The fourth-order valence-electron chi connectivity index (χ4n) is 4.17. The van der Waals surface area contributed by atoms with Gasteiger partial charge in [-0.25, -0.2) is 9.97 Å². The zero-order valence-electron chi connectivity index (χ0n) is 17.2. The van der Waals surface area contributed by atoms with E-state index in [1.165, 1.54) is 0 Å². The molecular weight excluding hydrogens is 368 g/mol. The maximum atomic E-state index is 12.7. The minimum atomic E-state index is 0.0893. The predicted molar refractivity (Wildman–Crippen MR) is 107 cm³/mol. The number of fused-ring (bicyclic) bond motifs is 1. The van der Waals surface area contributed by atoms with Crippen LogP contribution in [-0.2, 0) is 29.1 Å². The average Bonchev–Trinajstić information content (AvgIpc) is 3.16. The number of aromatic nitrogens is 4. The van der Waals surface area contributed by atoms with Gasteiger partial charge < -0.3 is 9.80 Å². The van der Waals surface area contributed by atoms with Gasteiger partial charge in [-0.05, 0) is 25.3 Å². The van der Waals surface area contributed by atoms with Gasteiger partial charge in [0.05, 0.1) is 11.9 Å². The van der Waals surface area contributed by atoms with Crippen molar-refractivity contribution in [1.82, 2.24) is 29.5 Å². The summed E-state index contributed by atoms with van der Waals surface area (Å²) in [7, 11) is 0. The molecule has 1 atom stereocenters. The summed E-state index contributed by atoms with van der Waals surface area (Å²) in [6, 6.07) is 0. The molecule has 0 bridgehead atoms. The van der Waals surface area contributed by atoms with Crippen molar-refractivity contribution in [3.63, 3.8) is 0 Å². The van der Waals surface area contributed by atoms with Gasteiger partial charge in [0.1, 0.15) is 5.82 Å². The molecule has 2 aromatic heterocycles. The summed E-state index contributed by atoms with van der Waals surface area (Å²) >= 11 is 0. The van der Waals surface area contributed by atoms with E-state index in [0.29, 0.717) is 32.6 Å². The smallest absolute Gasteiger partial charge is 0.224 e. The fourth-order valence-corrected chi connectivity index (χ4v) is 4.17. The SMILES string of the molecule is CC(=O)N1CCc2nc(C3CCCN(C(=O)CCn4cc(C)cn4)C3)ncc2C1. The number of hydrogen-bond donors (Lipinski definition) is 0. The van der Waals surface area contributed by atoms with Crippen LogP contribution in [0.4, 0.5) is 0 Å². The molecule has 0 N–H and O–H groups in total. The van der Waals surface area contributed by atoms with Crippen molar-refractivity contribution >= 4 is 11.8 Å². The second kappa shape index (κ2) is 8.31. The summed E-state index contributed by atoms with van der Waals surface area (Å²) in [5.41, 5.74) is 3.19. The highest BCUT2D eigenvalue weighted by molar-refractivity contribution is 5.76. The van der Waals surface area contributed by atoms with E-state index in [4.69, 9.17) is 4.98 Å². The molecule has 2 aromatic rings. The molecule has 0 saturated carbocycles. The van der Waals surface area contributed by atoms with Crippen molar-refractivity contribution in [3.8, 4) is 0 Å². The maximum Gasteiger partial charge on any atom is 0.224 e. The van der Waals surface area contributed by atoms with Gasteiger partial charge >= 0.3 is 0 Å². The van der Waals surface area contributed by atoms with E-state index in [2.05, 4.69) is 10.1 Å². The van der Waals surface area contributed by atoms with Crippen molar-refractivity contribution in [2.24, 2.45) is 0 Å². The molecule has 2 aliphatic heterocycles. The Labute approximate surface area is 170 Å². The summed E-state index contributed by atoms with van der Waals surface area (Å²) in [5, 5.41) is 4.25. The van der Waals surface area contributed by atoms with Crippen molar-refractivity contribution in [2.45, 2.75) is 58.5 Å². The third-order valence-corrected chi connectivity index (χ3v) is 5.85. The molecule has 1 fully saturated rings. The second-order valence-electron chi connectivity index (χ2n) is 8.10. The number of aryl methyl sites for hydroxylation is 2. The number of rotatable bonds is 4. The average molecular weight is 396 g/mol. The van der Waals surface area contributed by atoms with Gasteiger partial charge in [-0.3, -0.25) is 14.3 Å². The lowest BCUT2D eigenvalue weighted by molar-refractivity contribution is -0.132. The predicted octanol–water partition coefficient (Wildman–Crippen LogP) is 1.68. The lowest BCUT2D eigenvalue weighted by Gasteiger charge is -2.33. The van der Waals surface area contributed by atoms with E-state index in [1.54, 1.807) is 6.92 Å². The molecule has 29 heavy (non-hydrogen) atoms. The molecule has 1 unspecified atom stereocenters. The van der Waals surface area contributed by atoms with E-state index >= 15 is 0 Å². The Hall–Kier alpha value is -2.77. The van der Waals surface area contributed by atoms with Crippen LogP contribution in [0, 0.1) is 6.92 Å². The van der Waals surface area contributed by atoms with Crippen LogP contribution in [0.25, 0.3) is 0 Å². The lowest BCUT2D eigenvalue weighted by Crippen LogP contribution is -2.40. The molecule has 2 aliphatic rings. The van der Waals surface area contributed by atoms with Crippen LogP contribution in [0.3, 0.4) is 0 Å². The van der Waals surface area contributed by atoms with E-state index < -0.39 is 0 Å². The van der Waals surface area contributed by atoms with E-state index in [1.807, 2.05) is 40.0 Å². The van der Waals surface area contributed by atoms with Crippen LogP contribution in [-0.4, -0.2) is 61.0 Å². The Bertz CT molecular complexity index is 908. The third-order valence-electron chi connectivity index (χ3n) is 5.85. The largest absolute Gasteiger partial charge is 0.342 e. The first-order valence-corrected chi connectivity index (χ1v) is 10.4. The molecule has 0 radical (unpaired) electrons. The number of amides is 2. The zero-order chi connectivity index (χ0) is 20.4. The number of carbonyl (C=O) groups excluding carboxylic acids is 2.